The zero-order valence-electron chi connectivity index (χ0n) is 15.8. The largest absolute Gasteiger partial charge is 0.482 e. The van der Waals surface area contributed by atoms with Crippen molar-refractivity contribution < 1.29 is 17.9 Å². The molecule has 0 spiro atoms. The highest BCUT2D eigenvalue weighted by molar-refractivity contribution is 7.92. The zero-order chi connectivity index (χ0) is 23.5. The molecule has 0 aliphatic heterocycles. The summed E-state index contributed by atoms with van der Waals surface area (Å²) >= 11 is 29.8. The van der Waals surface area contributed by atoms with E-state index in [0.29, 0.717) is 10.7 Å². The molecule has 3 aromatic carbocycles. The van der Waals surface area contributed by atoms with Crippen molar-refractivity contribution >= 4 is 85.3 Å². The standard InChI is InChI=1S/C20H13Cl5N2O4S/c21-11-1-3-12(4-2-11)27-32(29,30)13-5-6-19(17(25)7-13)31-10-20(28)26-18-9-15(23)14(22)8-16(18)24/h1-9,27H,10H2,(H,26,28). The van der Waals surface area contributed by atoms with E-state index in [2.05, 4.69) is 10.0 Å². The van der Waals surface area contributed by atoms with Crippen LogP contribution < -0.4 is 14.8 Å². The molecule has 0 bridgehead atoms. The lowest BCUT2D eigenvalue weighted by Crippen LogP contribution is -2.20. The Morgan fingerprint density at radius 2 is 1.47 bits per heavy atom. The fraction of sp³-hybridized carbons (Fsp3) is 0.0500. The lowest BCUT2D eigenvalue weighted by atomic mass is 10.3. The van der Waals surface area contributed by atoms with Crippen LogP contribution in [0.4, 0.5) is 11.4 Å². The van der Waals surface area contributed by atoms with E-state index in [0.717, 1.165) is 0 Å². The highest BCUT2D eigenvalue weighted by Gasteiger charge is 2.17. The first-order valence-corrected chi connectivity index (χ1v) is 12.1. The Balaban J connectivity index is 1.65. The van der Waals surface area contributed by atoms with E-state index in [9.17, 15) is 13.2 Å². The van der Waals surface area contributed by atoms with E-state index in [-0.39, 0.29) is 36.4 Å². The van der Waals surface area contributed by atoms with Crippen molar-refractivity contribution in [3.63, 3.8) is 0 Å². The zero-order valence-corrected chi connectivity index (χ0v) is 20.4. The molecule has 0 aliphatic carbocycles. The van der Waals surface area contributed by atoms with Gasteiger partial charge >= 0.3 is 0 Å². The highest BCUT2D eigenvalue weighted by atomic mass is 35.5. The summed E-state index contributed by atoms with van der Waals surface area (Å²) in [6, 6.07) is 12.8. The smallest absolute Gasteiger partial charge is 0.262 e. The Bertz CT molecular complexity index is 1270. The summed E-state index contributed by atoms with van der Waals surface area (Å²) in [5.41, 5.74) is 0.596. The van der Waals surface area contributed by atoms with Crippen molar-refractivity contribution in [1.29, 1.82) is 0 Å². The van der Waals surface area contributed by atoms with E-state index in [1.807, 2.05) is 0 Å². The molecule has 2 N–H and O–H groups in total. The quantitative estimate of drug-likeness (QED) is 0.316. The Morgan fingerprint density at radius 3 is 2.12 bits per heavy atom. The fourth-order valence-electron chi connectivity index (χ4n) is 2.45. The van der Waals surface area contributed by atoms with Gasteiger partial charge in [-0.15, -0.1) is 0 Å². The van der Waals surface area contributed by atoms with Crippen LogP contribution >= 0.6 is 58.0 Å². The molecule has 3 rings (SSSR count). The Kier molecular flexibility index (Phi) is 8.03. The van der Waals surface area contributed by atoms with Crippen molar-refractivity contribution in [2.24, 2.45) is 0 Å². The predicted molar refractivity (Wildman–Crippen MR) is 129 cm³/mol. The Hall–Kier alpha value is -1.87. The van der Waals surface area contributed by atoms with Gasteiger partial charge in [0.25, 0.3) is 15.9 Å². The van der Waals surface area contributed by atoms with Crippen molar-refractivity contribution in [3.8, 4) is 5.75 Å². The number of rotatable bonds is 7. The number of halogens is 5. The third kappa shape index (κ3) is 6.34. The van der Waals surface area contributed by atoms with Gasteiger partial charge < -0.3 is 10.1 Å². The van der Waals surface area contributed by atoms with E-state index in [1.54, 1.807) is 12.1 Å². The number of anilines is 2. The van der Waals surface area contributed by atoms with Gasteiger partial charge in [-0.25, -0.2) is 8.42 Å². The van der Waals surface area contributed by atoms with Gasteiger partial charge in [-0.2, -0.15) is 0 Å². The maximum atomic E-state index is 12.6. The van der Waals surface area contributed by atoms with Crippen LogP contribution in [-0.4, -0.2) is 20.9 Å². The van der Waals surface area contributed by atoms with Gasteiger partial charge in [0.05, 0.1) is 30.7 Å². The van der Waals surface area contributed by atoms with Crippen LogP contribution in [0.25, 0.3) is 0 Å². The summed E-state index contributed by atoms with van der Waals surface area (Å²) in [5, 5.41) is 3.69. The molecule has 6 nitrogen and oxygen atoms in total. The minimum absolute atomic E-state index is 0.00403. The molecule has 0 unspecified atom stereocenters. The molecule has 3 aromatic rings. The second kappa shape index (κ2) is 10.4. The van der Waals surface area contributed by atoms with E-state index in [4.69, 9.17) is 62.7 Å². The van der Waals surface area contributed by atoms with Gasteiger partial charge in [0, 0.05) is 10.7 Å². The van der Waals surface area contributed by atoms with E-state index >= 15 is 0 Å². The van der Waals surface area contributed by atoms with Crippen LogP contribution in [0.5, 0.6) is 5.75 Å². The molecule has 0 saturated heterocycles. The third-order valence-corrected chi connectivity index (χ3v) is 6.91. The van der Waals surface area contributed by atoms with Gasteiger partial charge in [0.2, 0.25) is 0 Å². The molecule has 0 aliphatic rings. The van der Waals surface area contributed by atoms with Gasteiger partial charge in [-0.05, 0) is 54.6 Å². The molecule has 1 amide bonds. The first-order valence-electron chi connectivity index (χ1n) is 8.70. The lowest BCUT2D eigenvalue weighted by molar-refractivity contribution is -0.118. The molecule has 168 valence electrons. The molecular weight excluding hydrogens is 542 g/mol. The van der Waals surface area contributed by atoms with E-state index < -0.39 is 22.5 Å². The van der Waals surface area contributed by atoms with Gasteiger partial charge in [-0.3, -0.25) is 9.52 Å². The van der Waals surface area contributed by atoms with Crippen LogP contribution in [0.1, 0.15) is 0 Å². The molecular formula is C20H13Cl5N2O4S. The molecule has 12 heteroatoms. The Labute approximate surface area is 209 Å². The number of carbonyl (C=O) groups is 1. The maximum absolute atomic E-state index is 12.6. The summed E-state index contributed by atoms with van der Waals surface area (Å²) < 4.78 is 32.9. The molecule has 0 heterocycles. The van der Waals surface area contributed by atoms with Crippen LogP contribution in [0.2, 0.25) is 25.1 Å². The Morgan fingerprint density at radius 1 is 0.812 bits per heavy atom. The monoisotopic (exact) mass is 552 g/mol. The first kappa shape index (κ1) is 24.8. The summed E-state index contributed by atoms with van der Waals surface area (Å²) in [6.45, 7) is -0.411. The third-order valence-electron chi connectivity index (χ3n) is 3.95. The van der Waals surface area contributed by atoms with Crippen molar-refractivity contribution in [1.82, 2.24) is 0 Å². The second-order valence-electron chi connectivity index (χ2n) is 6.29. The normalized spacial score (nSPS) is 11.2. The average Bonchev–Trinajstić information content (AvgIpc) is 2.72. The van der Waals surface area contributed by atoms with Crippen molar-refractivity contribution in [2.75, 3.05) is 16.6 Å². The summed E-state index contributed by atoms with van der Waals surface area (Å²) in [6.07, 6.45) is 0. The molecule has 32 heavy (non-hydrogen) atoms. The van der Waals surface area contributed by atoms with E-state index in [1.165, 1.54) is 42.5 Å². The molecule has 0 fully saturated rings. The number of nitrogens with one attached hydrogen (secondary N) is 2. The lowest BCUT2D eigenvalue weighted by Gasteiger charge is -2.12. The number of amides is 1. The number of sulfonamides is 1. The van der Waals surface area contributed by atoms with Crippen LogP contribution in [0.15, 0.2) is 59.5 Å². The molecule has 0 aromatic heterocycles. The topological polar surface area (TPSA) is 84.5 Å². The maximum Gasteiger partial charge on any atom is 0.262 e. The van der Waals surface area contributed by atoms with Gasteiger partial charge in [-0.1, -0.05) is 58.0 Å². The predicted octanol–water partition coefficient (Wildman–Crippen LogP) is 6.77. The fourth-order valence-corrected chi connectivity index (χ4v) is 4.55. The minimum Gasteiger partial charge on any atom is -0.482 e. The highest BCUT2D eigenvalue weighted by Crippen LogP contribution is 2.32. The van der Waals surface area contributed by atoms with Gasteiger partial charge in [0.1, 0.15) is 5.75 Å². The molecule has 0 saturated carbocycles. The SMILES string of the molecule is O=C(COc1ccc(S(=O)(=O)Nc2ccc(Cl)cc2)cc1Cl)Nc1cc(Cl)c(Cl)cc1Cl. The summed E-state index contributed by atoms with van der Waals surface area (Å²) in [4.78, 5) is 12.1. The van der Waals surface area contributed by atoms with Crippen molar-refractivity contribution in [3.05, 3.63) is 79.7 Å². The molecule has 0 radical (unpaired) electrons. The second-order valence-corrected chi connectivity index (χ2v) is 10.0. The average molecular weight is 555 g/mol. The summed E-state index contributed by atoms with van der Waals surface area (Å²) in [5.74, 6) is -0.421. The van der Waals surface area contributed by atoms with Gasteiger partial charge in [0.15, 0.2) is 6.61 Å². The molecule has 0 atom stereocenters. The van der Waals surface area contributed by atoms with Crippen LogP contribution in [-0.2, 0) is 14.8 Å². The number of hydrogen-bond acceptors (Lipinski definition) is 4. The first-order chi connectivity index (χ1) is 15.0. The van der Waals surface area contributed by atoms with Crippen LogP contribution in [0, 0.1) is 0 Å². The number of benzene rings is 3. The van der Waals surface area contributed by atoms with Crippen LogP contribution in [0.3, 0.4) is 0 Å². The number of carbonyl (C=O) groups excluding carboxylic acids is 1. The minimum atomic E-state index is -3.90. The van der Waals surface area contributed by atoms with Crippen molar-refractivity contribution in [2.45, 2.75) is 4.90 Å². The summed E-state index contributed by atoms with van der Waals surface area (Å²) in [7, 11) is -3.90. The number of ether oxygens (including phenoxy) is 1. The number of hydrogen-bond donors (Lipinski definition) is 2.